The highest BCUT2D eigenvalue weighted by molar-refractivity contribution is 7.89. The summed E-state index contributed by atoms with van der Waals surface area (Å²) in [6.45, 7) is 2.60. The Hall–Kier alpha value is -0.130. The van der Waals surface area contributed by atoms with Crippen molar-refractivity contribution in [1.82, 2.24) is 9.62 Å². The van der Waals surface area contributed by atoms with Crippen molar-refractivity contribution in [3.63, 3.8) is 0 Å². The van der Waals surface area contributed by atoms with Gasteiger partial charge in [0.05, 0.1) is 5.75 Å². The number of nitrogens with one attached hydrogen (secondary N) is 1. The molecule has 2 aliphatic heterocycles. The Kier molecular flexibility index (Phi) is 3.64. The van der Waals surface area contributed by atoms with Crippen LogP contribution in [0, 0.1) is 0 Å². The first kappa shape index (κ1) is 11.4. The largest absolute Gasteiger partial charge is 0.315 e. The average Bonchev–Trinajstić information content (AvgIpc) is 2.45. The van der Waals surface area contributed by atoms with Gasteiger partial charge in [-0.25, -0.2) is 8.42 Å². The molecule has 1 atom stereocenters. The second kappa shape index (κ2) is 4.80. The van der Waals surface area contributed by atoms with E-state index in [0.29, 0.717) is 5.75 Å². The number of hydrogen-bond donors (Lipinski definition) is 1. The molecule has 2 rings (SSSR count). The van der Waals surface area contributed by atoms with Gasteiger partial charge in [0.2, 0.25) is 10.0 Å². The molecule has 0 spiro atoms. The van der Waals surface area contributed by atoms with E-state index in [9.17, 15) is 8.42 Å². The van der Waals surface area contributed by atoms with Crippen molar-refractivity contribution in [2.45, 2.75) is 38.1 Å². The fourth-order valence-corrected chi connectivity index (χ4v) is 4.31. The van der Waals surface area contributed by atoms with Crippen LogP contribution in [0.5, 0.6) is 0 Å². The lowest BCUT2D eigenvalue weighted by Crippen LogP contribution is -2.48. The zero-order valence-electron chi connectivity index (χ0n) is 9.11. The first-order valence-electron chi connectivity index (χ1n) is 5.90. The predicted octanol–water partition coefficient (Wildman–Crippen LogP) is 0.554. The lowest BCUT2D eigenvalue weighted by molar-refractivity contribution is 0.287. The summed E-state index contributed by atoms with van der Waals surface area (Å²) in [5.74, 6) is 0.351. The molecule has 4 nitrogen and oxygen atoms in total. The second-order valence-corrected chi connectivity index (χ2v) is 6.53. The van der Waals surface area contributed by atoms with Crippen LogP contribution in [0.2, 0.25) is 0 Å². The van der Waals surface area contributed by atoms with E-state index in [0.717, 1.165) is 45.3 Å². The maximum absolute atomic E-state index is 11.9. The SMILES string of the molecule is O=S1(=O)CCCCN1C1CCCCNC1. The predicted molar refractivity (Wildman–Crippen MR) is 60.2 cm³/mol. The lowest BCUT2D eigenvalue weighted by atomic mass is 10.1. The number of nitrogens with zero attached hydrogens (tertiary/aromatic N) is 1. The Labute approximate surface area is 92.1 Å². The third kappa shape index (κ3) is 2.71. The quantitative estimate of drug-likeness (QED) is 0.718. The third-order valence-corrected chi connectivity index (χ3v) is 5.32. The van der Waals surface area contributed by atoms with E-state index in [1.54, 1.807) is 4.31 Å². The number of hydrogen-bond acceptors (Lipinski definition) is 3. The van der Waals surface area contributed by atoms with Crippen LogP contribution in [0.15, 0.2) is 0 Å². The Balaban J connectivity index is 2.06. The Bertz CT molecular complexity index is 295. The summed E-state index contributed by atoms with van der Waals surface area (Å²) < 4.78 is 25.5. The molecule has 15 heavy (non-hydrogen) atoms. The highest BCUT2D eigenvalue weighted by Crippen LogP contribution is 2.20. The van der Waals surface area contributed by atoms with Crippen molar-refractivity contribution in [1.29, 1.82) is 0 Å². The summed E-state index contributed by atoms with van der Waals surface area (Å²) in [5, 5.41) is 3.33. The molecule has 0 saturated carbocycles. The van der Waals surface area contributed by atoms with Crippen LogP contribution in [0.3, 0.4) is 0 Å². The first-order valence-corrected chi connectivity index (χ1v) is 7.51. The molecule has 5 heteroatoms. The molecule has 0 aliphatic carbocycles. The van der Waals surface area contributed by atoms with E-state index in [1.165, 1.54) is 6.42 Å². The number of rotatable bonds is 1. The summed E-state index contributed by atoms with van der Waals surface area (Å²) in [5.41, 5.74) is 0. The van der Waals surface area contributed by atoms with E-state index in [4.69, 9.17) is 0 Å². The van der Waals surface area contributed by atoms with Gasteiger partial charge >= 0.3 is 0 Å². The summed E-state index contributed by atoms with van der Waals surface area (Å²) in [6.07, 6.45) is 5.19. The van der Waals surface area contributed by atoms with Crippen LogP contribution in [0.1, 0.15) is 32.1 Å². The minimum absolute atomic E-state index is 0.206. The van der Waals surface area contributed by atoms with Crippen molar-refractivity contribution in [3.8, 4) is 0 Å². The molecule has 2 heterocycles. The van der Waals surface area contributed by atoms with Crippen molar-refractivity contribution >= 4 is 10.0 Å². The molecule has 1 unspecified atom stereocenters. The number of sulfonamides is 1. The molecule has 0 aromatic heterocycles. The lowest BCUT2D eigenvalue weighted by Gasteiger charge is -2.33. The maximum atomic E-state index is 11.9. The fourth-order valence-electron chi connectivity index (χ4n) is 2.46. The van der Waals surface area contributed by atoms with Crippen LogP contribution in [0.4, 0.5) is 0 Å². The minimum atomic E-state index is -2.95. The molecule has 2 aliphatic rings. The van der Waals surface area contributed by atoms with E-state index in [1.807, 2.05) is 0 Å². The van der Waals surface area contributed by atoms with E-state index in [2.05, 4.69) is 5.32 Å². The summed E-state index contributed by atoms with van der Waals surface area (Å²) in [4.78, 5) is 0. The van der Waals surface area contributed by atoms with Gasteiger partial charge in [-0.3, -0.25) is 0 Å². The van der Waals surface area contributed by atoms with Crippen LogP contribution in [-0.2, 0) is 10.0 Å². The molecule has 0 aromatic rings. The maximum Gasteiger partial charge on any atom is 0.214 e. The zero-order valence-corrected chi connectivity index (χ0v) is 9.93. The average molecular weight is 232 g/mol. The third-order valence-electron chi connectivity index (χ3n) is 3.32. The Morgan fingerprint density at radius 1 is 1.13 bits per heavy atom. The Morgan fingerprint density at radius 2 is 2.00 bits per heavy atom. The van der Waals surface area contributed by atoms with Crippen LogP contribution in [0.25, 0.3) is 0 Å². The summed E-state index contributed by atoms with van der Waals surface area (Å²) in [6, 6.07) is 0.206. The monoisotopic (exact) mass is 232 g/mol. The second-order valence-electron chi connectivity index (χ2n) is 4.49. The highest BCUT2D eigenvalue weighted by Gasteiger charge is 2.32. The Morgan fingerprint density at radius 3 is 2.80 bits per heavy atom. The molecule has 1 N–H and O–H groups in total. The topological polar surface area (TPSA) is 49.4 Å². The van der Waals surface area contributed by atoms with Crippen LogP contribution < -0.4 is 5.32 Å². The summed E-state index contributed by atoms with van der Waals surface area (Å²) >= 11 is 0. The first-order chi connectivity index (χ1) is 7.20. The molecular formula is C10H20N2O2S. The molecule has 0 aromatic carbocycles. The van der Waals surface area contributed by atoms with Crippen molar-refractivity contribution < 1.29 is 8.42 Å². The fraction of sp³-hybridized carbons (Fsp3) is 1.00. The zero-order chi connectivity index (χ0) is 10.7. The van der Waals surface area contributed by atoms with Gasteiger partial charge in [-0.05, 0) is 32.2 Å². The van der Waals surface area contributed by atoms with Gasteiger partial charge < -0.3 is 5.32 Å². The molecule has 2 fully saturated rings. The van der Waals surface area contributed by atoms with Gasteiger partial charge in [0.1, 0.15) is 0 Å². The van der Waals surface area contributed by atoms with Crippen molar-refractivity contribution in [2.24, 2.45) is 0 Å². The van der Waals surface area contributed by atoms with Gasteiger partial charge in [-0.15, -0.1) is 0 Å². The standard InChI is InChI=1S/C10H20N2O2S/c13-15(14)8-4-3-7-12(15)10-5-1-2-6-11-9-10/h10-11H,1-9H2. The minimum Gasteiger partial charge on any atom is -0.315 e. The van der Waals surface area contributed by atoms with Crippen molar-refractivity contribution in [2.75, 3.05) is 25.4 Å². The van der Waals surface area contributed by atoms with Crippen molar-refractivity contribution in [3.05, 3.63) is 0 Å². The normalized spacial score (nSPS) is 33.5. The highest BCUT2D eigenvalue weighted by atomic mass is 32.2. The molecule has 0 bridgehead atoms. The molecule has 0 radical (unpaired) electrons. The van der Waals surface area contributed by atoms with E-state index >= 15 is 0 Å². The molecule has 88 valence electrons. The van der Waals surface area contributed by atoms with Crippen LogP contribution >= 0.6 is 0 Å². The molecule has 2 saturated heterocycles. The van der Waals surface area contributed by atoms with E-state index in [-0.39, 0.29) is 6.04 Å². The van der Waals surface area contributed by atoms with Gasteiger partial charge in [-0.1, -0.05) is 6.42 Å². The van der Waals surface area contributed by atoms with Gasteiger partial charge in [0, 0.05) is 19.1 Å². The van der Waals surface area contributed by atoms with E-state index < -0.39 is 10.0 Å². The summed E-state index contributed by atoms with van der Waals surface area (Å²) in [7, 11) is -2.95. The van der Waals surface area contributed by atoms with Crippen LogP contribution in [-0.4, -0.2) is 44.2 Å². The molecule has 0 amide bonds. The van der Waals surface area contributed by atoms with Gasteiger partial charge in [0.25, 0.3) is 0 Å². The van der Waals surface area contributed by atoms with Gasteiger partial charge in [-0.2, -0.15) is 4.31 Å². The van der Waals surface area contributed by atoms with Gasteiger partial charge in [0.15, 0.2) is 0 Å². The molecular weight excluding hydrogens is 212 g/mol. The smallest absolute Gasteiger partial charge is 0.214 e.